The molecule has 3 nitrogen and oxygen atoms in total. The van der Waals surface area contributed by atoms with Crippen molar-refractivity contribution < 1.29 is 9.13 Å². The number of halogens is 1. The van der Waals surface area contributed by atoms with Crippen LogP contribution < -0.4 is 10.1 Å². The number of hydrogen-bond donors (Lipinski definition) is 1. The zero-order valence-electron chi connectivity index (χ0n) is 10.4. The minimum absolute atomic E-state index is 0.133. The summed E-state index contributed by atoms with van der Waals surface area (Å²) in [4.78, 5) is 4.21. The highest BCUT2D eigenvalue weighted by Crippen LogP contribution is 2.26. The SMILES string of the molecule is CNC(C)c1cccnc1Oc1ccc(F)cc1. The highest BCUT2D eigenvalue weighted by Gasteiger charge is 2.11. The Morgan fingerprint density at radius 3 is 2.61 bits per heavy atom. The smallest absolute Gasteiger partial charge is 0.223 e. The highest BCUT2D eigenvalue weighted by molar-refractivity contribution is 5.34. The second-order valence-corrected chi connectivity index (χ2v) is 3.96. The summed E-state index contributed by atoms with van der Waals surface area (Å²) in [6.07, 6.45) is 1.67. The molecule has 4 heteroatoms. The van der Waals surface area contributed by atoms with Crippen LogP contribution >= 0.6 is 0 Å². The molecular formula is C14H15FN2O. The van der Waals surface area contributed by atoms with Crippen LogP contribution in [-0.4, -0.2) is 12.0 Å². The standard InChI is InChI=1S/C14H15FN2O/c1-10(16-2)13-4-3-9-17-14(13)18-12-7-5-11(15)6-8-12/h3-10,16H,1-2H3. The van der Waals surface area contributed by atoms with Gasteiger partial charge in [-0.1, -0.05) is 6.07 Å². The molecule has 0 aliphatic rings. The van der Waals surface area contributed by atoms with Gasteiger partial charge >= 0.3 is 0 Å². The Morgan fingerprint density at radius 2 is 1.94 bits per heavy atom. The van der Waals surface area contributed by atoms with Crippen LogP contribution in [0.15, 0.2) is 42.6 Å². The van der Waals surface area contributed by atoms with E-state index in [9.17, 15) is 4.39 Å². The van der Waals surface area contributed by atoms with Gasteiger partial charge in [0.25, 0.3) is 0 Å². The van der Waals surface area contributed by atoms with E-state index in [4.69, 9.17) is 4.74 Å². The molecule has 94 valence electrons. The van der Waals surface area contributed by atoms with E-state index in [1.807, 2.05) is 26.1 Å². The van der Waals surface area contributed by atoms with Gasteiger partial charge in [-0.3, -0.25) is 0 Å². The summed E-state index contributed by atoms with van der Waals surface area (Å²) in [7, 11) is 1.87. The molecule has 0 saturated heterocycles. The van der Waals surface area contributed by atoms with Crippen molar-refractivity contribution in [1.29, 1.82) is 0 Å². The van der Waals surface area contributed by atoms with Crippen LogP contribution in [0.1, 0.15) is 18.5 Å². The van der Waals surface area contributed by atoms with E-state index < -0.39 is 0 Å². The Kier molecular flexibility index (Phi) is 3.89. The van der Waals surface area contributed by atoms with Gasteiger partial charge in [-0.15, -0.1) is 0 Å². The van der Waals surface area contributed by atoms with Crippen LogP contribution in [0.4, 0.5) is 4.39 Å². The summed E-state index contributed by atoms with van der Waals surface area (Å²) in [6, 6.07) is 9.83. The number of ether oxygens (including phenoxy) is 1. The van der Waals surface area contributed by atoms with E-state index in [2.05, 4.69) is 10.3 Å². The third-order valence-corrected chi connectivity index (χ3v) is 2.73. The molecule has 1 aromatic heterocycles. The van der Waals surface area contributed by atoms with Crippen LogP contribution in [0.25, 0.3) is 0 Å². The molecule has 0 spiro atoms. The summed E-state index contributed by atoms with van der Waals surface area (Å²) in [5, 5.41) is 3.14. The van der Waals surface area contributed by atoms with Crippen molar-refractivity contribution in [3.63, 3.8) is 0 Å². The molecule has 0 fully saturated rings. The molecule has 0 radical (unpaired) electrons. The number of aromatic nitrogens is 1. The van der Waals surface area contributed by atoms with E-state index in [0.717, 1.165) is 5.56 Å². The lowest BCUT2D eigenvalue weighted by atomic mass is 10.1. The van der Waals surface area contributed by atoms with Gasteiger partial charge in [0.15, 0.2) is 0 Å². The maximum Gasteiger partial charge on any atom is 0.223 e. The van der Waals surface area contributed by atoms with E-state index in [1.165, 1.54) is 12.1 Å². The molecule has 1 heterocycles. The minimum atomic E-state index is -0.285. The number of benzene rings is 1. The fourth-order valence-corrected chi connectivity index (χ4v) is 1.59. The normalized spacial score (nSPS) is 12.2. The predicted molar refractivity (Wildman–Crippen MR) is 68.2 cm³/mol. The van der Waals surface area contributed by atoms with Crippen LogP contribution in [0.2, 0.25) is 0 Å². The van der Waals surface area contributed by atoms with Crippen LogP contribution in [-0.2, 0) is 0 Å². The third kappa shape index (κ3) is 2.84. The molecule has 0 bridgehead atoms. The molecule has 2 aromatic rings. The number of nitrogens with one attached hydrogen (secondary N) is 1. The van der Waals surface area contributed by atoms with Gasteiger partial charge in [-0.2, -0.15) is 0 Å². The van der Waals surface area contributed by atoms with E-state index >= 15 is 0 Å². The fourth-order valence-electron chi connectivity index (χ4n) is 1.59. The topological polar surface area (TPSA) is 34.2 Å². The number of hydrogen-bond acceptors (Lipinski definition) is 3. The molecule has 0 saturated carbocycles. The Bertz CT molecular complexity index is 513. The van der Waals surface area contributed by atoms with Crippen molar-refractivity contribution in [2.75, 3.05) is 7.05 Å². The largest absolute Gasteiger partial charge is 0.439 e. The van der Waals surface area contributed by atoms with Crippen molar-refractivity contribution >= 4 is 0 Å². The van der Waals surface area contributed by atoms with E-state index in [1.54, 1.807) is 18.3 Å². The second kappa shape index (κ2) is 5.60. The maximum atomic E-state index is 12.8. The lowest BCUT2D eigenvalue weighted by Crippen LogP contribution is -2.13. The predicted octanol–water partition coefficient (Wildman–Crippen LogP) is 3.29. The Labute approximate surface area is 106 Å². The molecule has 2 rings (SSSR count). The van der Waals surface area contributed by atoms with Gasteiger partial charge in [0, 0.05) is 17.8 Å². The van der Waals surface area contributed by atoms with E-state index in [-0.39, 0.29) is 11.9 Å². The Morgan fingerprint density at radius 1 is 1.22 bits per heavy atom. The second-order valence-electron chi connectivity index (χ2n) is 3.96. The first-order valence-corrected chi connectivity index (χ1v) is 5.76. The molecule has 1 N–H and O–H groups in total. The summed E-state index contributed by atoms with van der Waals surface area (Å²) < 4.78 is 18.5. The fraction of sp³-hybridized carbons (Fsp3) is 0.214. The first-order chi connectivity index (χ1) is 8.70. The minimum Gasteiger partial charge on any atom is -0.439 e. The molecule has 0 aliphatic carbocycles. The third-order valence-electron chi connectivity index (χ3n) is 2.73. The van der Waals surface area contributed by atoms with Crippen molar-refractivity contribution in [2.45, 2.75) is 13.0 Å². The van der Waals surface area contributed by atoms with Crippen molar-refractivity contribution in [2.24, 2.45) is 0 Å². The number of pyridine rings is 1. The Hall–Kier alpha value is -1.94. The molecule has 1 unspecified atom stereocenters. The summed E-state index contributed by atoms with van der Waals surface area (Å²) >= 11 is 0. The van der Waals surface area contributed by atoms with Gasteiger partial charge in [-0.25, -0.2) is 9.37 Å². The molecule has 0 aliphatic heterocycles. The van der Waals surface area contributed by atoms with Gasteiger partial charge in [0.2, 0.25) is 5.88 Å². The van der Waals surface area contributed by atoms with Gasteiger partial charge in [0.05, 0.1) is 0 Å². The van der Waals surface area contributed by atoms with E-state index in [0.29, 0.717) is 11.6 Å². The zero-order chi connectivity index (χ0) is 13.0. The summed E-state index contributed by atoms with van der Waals surface area (Å²) in [5.41, 5.74) is 0.962. The average Bonchev–Trinajstić information content (AvgIpc) is 2.41. The maximum absolute atomic E-state index is 12.8. The zero-order valence-corrected chi connectivity index (χ0v) is 10.4. The van der Waals surface area contributed by atoms with Crippen molar-refractivity contribution in [3.05, 3.63) is 54.0 Å². The van der Waals surface area contributed by atoms with Crippen LogP contribution in [0.3, 0.4) is 0 Å². The van der Waals surface area contributed by atoms with Gasteiger partial charge in [0.1, 0.15) is 11.6 Å². The Balaban J connectivity index is 2.26. The lowest BCUT2D eigenvalue weighted by Gasteiger charge is -2.14. The average molecular weight is 246 g/mol. The highest BCUT2D eigenvalue weighted by atomic mass is 19.1. The van der Waals surface area contributed by atoms with Crippen LogP contribution in [0.5, 0.6) is 11.6 Å². The van der Waals surface area contributed by atoms with Crippen LogP contribution in [0, 0.1) is 5.82 Å². The first-order valence-electron chi connectivity index (χ1n) is 5.76. The molecule has 1 aromatic carbocycles. The van der Waals surface area contributed by atoms with Gasteiger partial charge < -0.3 is 10.1 Å². The number of nitrogens with zero attached hydrogens (tertiary/aromatic N) is 1. The van der Waals surface area contributed by atoms with Crippen molar-refractivity contribution in [1.82, 2.24) is 10.3 Å². The number of rotatable bonds is 4. The summed E-state index contributed by atoms with van der Waals surface area (Å²) in [6.45, 7) is 2.02. The van der Waals surface area contributed by atoms with Crippen molar-refractivity contribution in [3.8, 4) is 11.6 Å². The molecular weight excluding hydrogens is 231 g/mol. The molecule has 1 atom stereocenters. The van der Waals surface area contributed by atoms with Gasteiger partial charge in [-0.05, 0) is 44.3 Å². The lowest BCUT2D eigenvalue weighted by molar-refractivity contribution is 0.445. The summed E-state index contributed by atoms with van der Waals surface area (Å²) in [5.74, 6) is 0.817. The molecule has 0 amide bonds. The quantitative estimate of drug-likeness (QED) is 0.898. The monoisotopic (exact) mass is 246 g/mol. The molecule has 18 heavy (non-hydrogen) atoms. The first kappa shape index (κ1) is 12.5.